The van der Waals surface area contributed by atoms with Crippen LogP contribution < -0.4 is 5.73 Å². The van der Waals surface area contributed by atoms with E-state index in [-0.39, 0.29) is 5.91 Å². The highest BCUT2D eigenvalue weighted by molar-refractivity contribution is 7.89. The van der Waals surface area contributed by atoms with Crippen LogP contribution in [0.2, 0.25) is 0 Å². The summed E-state index contributed by atoms with van der Waals surface area (Å²) in [4.78, 5) is 16.5. The van der Waals surface area contributed by atoms with E-state index in [1.807, 2.05) is 20.0 Å². The van der Waals surface area contributed by atoms with Crippen molar-refractivity contribution in [2.75, 3.05) is 39.8 Å². The van der Waals surface area contributed by atoms with Crippen molar-refractivity contribution in [1.29, 1.82) is 0 Å². The first kappa shape index (κ1) is 19.3. The molecule has 0 unspecified atom stereocenters. The smallest absolute Gasteiger partial charge is 0.243 e. The molecule has 0 aromatic heterocycles. The summed E-state index contributed by atoms with van der Waals surface area (Å²) in [5.41, 5.74) is 7.89. The van der Waals surface area contributed by atoms with Crippen molar-refractivity contribution < 1.29 is 13.2 Å². The number of carbonyl (C=O) groups excluding carboxylic acids is 1. The maximum atomic E-state index is 13.0. The van der Waals surface area contributed by atoms with Crippen molar-refractivity contribution in [1.82, 2.24) is 14.1 Å². The van der Waals surface area contributed by atoms with Crippen LogP contribution in [0.15, 0.2) is 23.1 Å². The van der Waals surface area contributed by atoms with Crippen LogP contribution in [-0.4, -0.2) is 74.2 Å². The Morgan fingerprint density at radius 3 is 2.50 bits per heavy atom. The molecule has 0 saturated carbocycles. The Morgan fingerprint density at radius 1 is 1.15 bits per heavy atom. The van der Waals surface area contributed by atoms with Gasteiger partial charge in [-0.1, -0.05) is 13.0 Å². The molecule has 3 rings (SSSR count). The minimum absolute atomic E-state index is 0.0644. The third kappa shape index (κ3) is 3.78. The molecule has 7 nitrogen and oxygen atoms in total. The molecule has 2 aliphatic rings. The van der Waals surface area contributed by atoms with Gasteiger partial charge in [-0.15, -0.1) is 0 Å². The van der Waals surface area contributed by atoms with Gasteiger partial charge >= 0.3 is 0 Å². The number of nitrogens with two attached hydrogens (primary N) is 1. The van der Waals surface area contributed by atoms with Gasteiger partial charge in [-0.2, -0.15) is 4.31 Å². The van der Waals surface area contributed by atoms with Crippen LogP contribution in [0.25, 0.3) is 0 Å². The van der Waals surface area contributed by atoms with E-state index in [4.69, 9.17) is 5.73 Å². The third-order valence-electron chi connectivity index (χ3n) is 5.36. The largest absolute Gasteiger partial charge is 0.337 e. The highest BCUT2D eigenvalue weighted by atomic mass is 32.2. The molecular weight excluding hydrogens is 352 g/mol. The van der Waals surface area contributed by atoms with Gasteiger partial charge < -0.3 is 15.5 Å². The molecule has 1 amide bonds. The van der Waals surface area contributed by atoms with Crippen molar-refractivity contribution in [3.8, 4) is 0 Å². The second kappa shape index (κ2) is 7.64. The van der Waals surface area contributed by atoms with Crippen LogP contribution in [0.3, 0.4) is 0 Å². The molecule has 1 fully saturated rings. The molecule has 2 N–H and O–H groups in total. The van der Waals surface area contributed by atoms with E-state index in [2.05, 4.69) is 4.90 Å². The van der Waals surface area contributed by atoms with E-state index in [0.29, 0.717) is 37.5 Å². The number of fused-ring (bicyclic) bond motifs is 1. The number of rotatable bonds is 4. The molecule has 1 saturated heterocycles. The normalized spacial score (nSPS) is 20.7. The fourth-order valence-electron chi connectivity index (χ4n) is 3.47. The van der Waals surface area contributed by atoms with Crippen LogP contribution in [0.4, 0.5) is 0 Å². The van der Waals surface area contributed by atoms with Gasteiger partial charge in [0.25, 0.3) is 0 Å². The summed E-state index contributed by atoms with van der Waals surface area (Å²) in [6.07, 6.45) is 1.33. The van der Waals surface area contributed by atoms with Gasteiger partial charge in [0.2, 0.25) is 15.9 Å². The minimum Gasteiger partial charge on any atom is -0.337 e. The lowest BCUT2D eigenvalue weighted by Gasteiger charge is -2.33. The number of piperazine rings is 1. The van der Waals surface area contributed by atoms with Crippen LogP contribution in [0.1, 0.15) is 24.5 Å². The number of hydrogen-bond acceptors (Lipinski definition) is 5. The number of sulfonamides is 1. The third-order valence-corrected chi connectivity index (χ3v) is 7.25. The second-order valence-electron chi connectivity index (χ2n) is 7.16. The minimum atomic E-state index is -3.50. The number of benzene rings is 1. The molecule has 0 radical (unpaired) electrons. The summed E-state index contributed by atoms with van der Waals surface area (Å²) >= 11 is 0. The Kier molecular flexibility index (Phi) is 5.67. The predicted molar refractivity (Wildman–Crippen MR) is 100 cm³/mol. The van der Waals surface area contributed by atoms with Crippen molar-refractivity contribution in [2.24, 2.45) is 5.73 Å². The summed E-state index contributed by atoms with van der Waals surface area (Å²) in [6.45, 7) is 5.43. The number of hydrogen-bond donors (Lipinski definition) is 1. The topological polar surface area (TPSA) is 86.9 Å². The Bertz CT molecular complexity index is 773. The summed E-state index contributed by atoms with van der Waals surface area (Å²) in [7, 11) is -1.50. The Labute approximate surface area is 155 Å². The van der Waals surface area contributed by atoms with Crippen molar-refractivity contribution in [3.63, 3.8) is 0 Å². The molecule has 144 valence electrons. The van der Waals surface area contributed by atoms with Crippen LogP contribution in [0, 0.1) is 0 Å². The Morgan fingerprint density at radius 2 is 1.85 bits per heavy atom. The highest BCUT2D eigenvalue weighted by Crippen LogP contribution is 2.25. The fourth-order valence-corrected chi connectivity index (χ4v) is 4.94. The Balaban J connectivity index is 1.81. The van der Waals surface area contributed by atoms with Gasteiger partial charge in [-0.3, -0.25) is 4.79 Å². The van der Waals surface area contributed by atoms with Crippen LogP contribution in [-0.2, 0) is 27.8 Å². The number of amides is 1. The number of likely N-dealkylation sites (N-methyl/N-ethyl adjacent to an activating group) is 1. The van der Waals surface area contributed by atoms with E-state index in [1.165, 1.54) is 0 Å². The molecule has 0 spiro atoms. The zero-order valence-corrected chi connectivity index (χ0v) is 16.3. The molecule has 1 aromatic rings. The Hall–Kier alpha value is -1.48. The van der Waals surface area contributed by atoms with E-state index in [1.54, 1.807) is 21.3 Å². The van der Waals surface area contributed by atoms with Gasteiger partial charge in [-0.05, 0) is 43.1 Å². The second-order valence-corrected chi connectivity index (χ2v) is 9.10. The summed E-state index contributed by atoms with van der Waals surface area (Å²) < 4.78 is 27.5. The van der Waals surface area contributed by atoms with Crippen molar-refractivity contribution in [2.45, 2.75) is 37.2 Å². The maximum Gasteiger partial charge on any atom is 0.243 e. The molecule has 8 heteroatoms. The number of carbonyl (C=O) groups is 1. The van der Waals surface area contributed by atoms with Crippen molar-refractivity contribution >= 4 is 15.9 Å². The summed E-state index contributed by atoms with van der Waals surface area (Å²) in [5, 5.41) is 0. The van der Waals surface area contributed by atoms with Gasteiger partial charge in [0.1, 0.15) is 0 Å². The molecule has 0 aliphatic carbocycles. The molecule has 26 heavy (non-hydrogen) atoms. The van der Waals surface area contributed by atoms with Crippen molar-refractivity contribution in [3.05, 3.63) is 29.3 Å². The summed E-state index contributed by atoms with van der Waals surface area (Å²) in [6, 6.07) is 4.83. The lowest BCUT2D eigenvalue weighted by atomic mass is 9.99. The zero-order chi connectivity index (χ0) is 18.9. The van der Waals surface area contributed by atoms with Gasteiger partial charge in [0.05, 0.1) is 10.9 Å². The van der Waals surface area contributed by atoms with Crippen LogP contribution >= 0.6 is 0 Å². The standard InChI is InChI=1S/C18H28N4O3S/c1-3-17(19)18(23)21-7-6-14-4-5-16(12-15(14)13-21)26(24,25)22-10-8-20(2)9-11-22/h4-5,12,17H,3,6-11,13,19H2,1-2H3/t17-/m0/s1. The maximum absolute atomic E-state index is 13.0. The van der Waals surface area contributed by atoms with E-state index >= 15 is 0 Å². The molecule has 1 atom stereocenters. The fraction of sp³-hybridized carbons (Fsp3) is 0.611. The SMILES string of the molecule is CC[C@H](N)C(=O)N1CCc2ccc(S(=O)(=O)N3CCN(C)CC3)cc2C1. The van der Waals surface area contributed by atoms with Gasteiger partial charge in [0.15, 0.2) is 0 Å². The quantitative estimate of drug-likeness (QED) is 0.809. The molecule has 1 aromatic carbocycles. The van der Waals surface area contributed by atoms with Crippen LogP contribution in [0.5, 0.6) is 0 Å². The number of nitrogens with zero attached hydrogens (tertiary/aromatic N) is 3. The van der Waals surface area contributed by atoms with E-state index < -0.39 is 16.1 Å². The zero-order valence-electron chi connectivity index (χ0n) is 15.5. The van der Waals surface area contributed by atoms with Gasteiger partial charge in [-0.25, -0.2) is 8.42 Å². The average molecular weight is 381 g/mol. The molecular formula is C18H28N4O3S. The molecule has 2 aliphatic heterocycles. The van der Waals surface area contributed by atoms with E-state index in [0.717, 1.165) is 30.6 Å². The monoisotopic (exact) mass is 380 g/mol. The highest BCUT2D eigenvalue weighted by Gasteiger charge is 2.29. The first-order chi connectivity index (χ1) is 12.3. The van der Waals surface area contributed by atoms with E-state index in [9.17, 15) is 13.2 Å². The lowest BCUT2D eigenvalue weighted by molar-refractivity contribution is -0.133. The average Bonchev–Trinajstić information content (AvgIpc) is 2.66. The first-order valence-electron chi connectivity index (χ1n) is 9.17. The lowest BCUT2D eigenvalue weighted by Crippen LogP contribution is -2.47. The predicted octanol–water partition coefficient (Wildman–Crippen LogP) is 0.245. The first-order valence-corrected chi connectivity index (χ1v) is 10.6. The summed E-state index contributed by atoms with van der Waals surface area (Å²) in [5.74, 6) is -0.0644. The molecule has 0 bridgehead atoms. The molecule has 2 heterocycles. The van der Waals surface area contributed by atoms with Gasteiger partial charge in [0, 0.05) is 39.3 Å².